The van der Waals surface area contributed by atoms with Gasteiger partial charge in [0.1, 0.15) is 14.9 Å². The van der Waals surface area contributed by atoms with E-state index in [9.17, 15) is 4.79 Å². The van der Waals surface area contributed by atoms with Crippen molar-refractivity contribution in [1.82, 2.24) is 9.97 Å². The van der Waals surface area contributed by atoms with Gasteiger partial charge in [-0.05, 0) is 26.3 Å². The maximum atomic E-state index is 12.1. The monoisotopic (exact) mass is 325 g/mol. The number of nitrogens with one attached hydrogen (secondary N) is 1. The fourth-order valence-electron chi connectivity index (χ4n) is 1.79. The molecule has 0 unspecified atom stereocenters. The Morgan fingerprint density at radius 3 is 2.86 bits per heavy atom. The van der Waals surface area contributed by atoms with Gasteiger partial charge in [0.15, 0.2) is 0 Å². The van der Waals surface area contributed by atoms with E-state index in [0.717, 1.165) is 5.56 Å². The minimum Gasteiger partial charge on any atom is -0.459 e. The Morgan fingerprint density at radius 1 is 1.52 bits per heavy atom. The van der Waals surface area contributed by atoms with Crippen molar-refractivity contribution < 1.29 is 9.53 Å². The molecule has 0 aliphatic rings. The van der Waals surface area contributed by atoms with Gasteiger partial charge in [-0.2, -0.15) is 0 Å². The largest absolute Gasteiger partial charge is 0.459 e. The van der Waals surface area contributed by atoms with Gasteiger partial charge in [-0.3, -0.25) is 0 Å². The first-order chi connectivity index (χ1) is 9.93. The molecule has 0 saturated heterocycles. The molecule has 0 aliphatic heterocycles. The molecule has 2 aromatic heterocycles. The van der Waals surface area contributed by atoms with E-state index in [4.69, 9.17) is 16.3 Å². The van der Waals surface area contributed by atoms with E-state index in [2.05, 4.69) is 21.9 Å². The van der Waals surface area contributed by atoms with Crippen LogP contribution in [0, 0.1) is 6.92 Å². The predicted molar refractivity (Wildman–Crippen MR) is 86.4 cm³/mol. The number of fused-ring (bicyclic) bond motifs is 1. The van der Waals surface area contributed by atoms with Gasteiger partial charge in [-0.15, -0.1) is 17.9 Å². The lowest BCUT2D eigenvalue weighted by atomic mass is 10.2. The average molecular weight is 326 g/mol. The minimum absolute atomic E-state index is 0.173. The van der Waals surface area contributed by atoms with Gasteiger partial charge in [0.05, 0.1) is 11.5 Å². The van der Waals surface area contributed by atoms with Crippen LogP contribution in [0.1, 0.15) is 29.1 Å². The number of aryl methyl sites for hydroxylation is 1. The van der Waals surface area contributed by atoms with Crippen molar-refractivity contribution in [3.8, 4) is 0 Å². The van der Waals surface area contributed by atoms with E-state index in [0.29, 0.717) is 32.7 Å². The highest BCUT2D eigenvalue weighted by Gasteiger charge is 2.21. The van der Waals surface area contributed by atoms with Gasteiger partial charge in [0.25, 0.3) is 0 Å². The smallest absolute Gasteiger partial charge is 0.348 e. The number of anilines is 1. The third-order valence-electron chi connectivity index (χ3n) is 2.68. The quantitative estimate of drug-likeness (QED) is 0.514. The van der Waals surface area contributed by atoms with Crippen LogP contribution >= 0.6 is 22.9 Å². The molecule has 0 aliphatic carbocycles. The number of carbonyl (C=O) groups excluding carboxylic acids is 1. The zero-order chi connectivity index (χ0) is 15.6. The molecule has 112 valence electrons. The van der Waals surface area contributed by atoms with E-state index in [1.807, 2.05) is 20.8 Å². The highest BCUT2D eigenvalue weighted by Crippen LogP contribution is 2.34. The molecule has 7 heteroatoms. The Bertz CT molecular complexity index is 697. The SMILES string of the molecule is C=CCNc1nc(Cl)c2c(C)c(C(=O)OC(C)C)sc2n1. The normalized spacial score (nSPS) is 10.9. The summed E-state index contributed by atoms with van der Waals surface area (Å²) in [5.41, 5.74) is 0.751. The molecule has 1 N–H and O–H groups in total. The number of aromatic nitrogens is 2. The molecular weight excluding hydrogens is 310 g/mol. The first-order valence-electron chi connectivity index (χ1n) is 6.46. The Balaban J connectivity index is 2.47. The second-order valence-electron chi connectivity index (χ2n) is 4.70. The van der Waals surface area contributed by atoms with Crippen molar-refractivity contribution in [1.29, 1.82) is 0 Å². The molecule has 0 bridgehead atoms. The lowest BCUT2D eigenvalue weighted by Crippen LogP contribution is -2.11. The van der Waals surface area contributed by atoms with Crippen LogP contribution in [0.2, 0.25) is 5.15 Å². The van der Waals surface area contributed by atoms with Crippen LogP contribution in [0.3, 0.4) is 0 Å². The Morgan fingerprint density at radius 2 is 2.24 bits per heavy atom. The number of halogens is 1. The highest BCUT2D eigenvalue weighted by molar-refractivity contribution is 7.20. The molecule has 0 atom stereocenters. The summed E-state index contributed by atoms with van der Waals surface area (Å²) in [7, 11) is 0. The number of nitrogens with zero attached hydrogens (tertiary/aromatic N) is 2. The summed E-state index contributed by atoms with van der Waals surface area (Å²) in [6.07, 6.45) is 1.53. The van der Waals surface area contributed by atoms with Crippen LogP contribution in [0.25, 0.3) is 10.2 Å². The molecule has 0 saturated carbocycles. The second-order valence-corrected chi connectivity index (χ2v) is 6.06. The van der Waals surface area contributed by atoms with Crippen molar-refractivity contribution >= 4 is 45.1 Å². The number of ether oxygens (including phenoxy) is 1. The highest BCUT2D eigenvalue weighted by atomic mass is 35.5. The Hall–Kier alpha value is -1.66. The van der Waals surface area contributed by atoms with E-state index < -0.39 is 0 Å². The molecule has 0 fully saturated rings. The predicted octanol–water partition coefficient (Wildman–Crippen LogP) is 3.82. The Labute approximate surface area is 132 Å². The summed E-state index contributed by atoms with van der Waals surface area (Å²) in [6, 6.07) is 0. The van der Waals surface area contributed by atoms with Gasteiger partial charge in [-0.25, -0.2) is 14.8 Å². The molecule has 21 heavy (non-hydrogen) atoms. The first-order valence-corrected chi connectivity index (χ1v) is 7.65. The summed E-state index contributed by atoms with van der Waals surface area (Å²) in [4.78, 5) is 21.8. The number of esters is 1. The van der Waals surface area contributed by atoms with Crippen LogP contribution in [0.5, 0.6) is 0 Å². The number of thiophene rings is 1. The van der Waals surface area contributed by atoms with Crippen LogP contribution in [-0.2, 0) is 4.74 Å². The number of rotatable bonds is 5. The maximum absolute atomic E-state index is 12.1. The van der Waals surface area contributed by atoms with Gasteiger partial charge < -0.3 is 10.1 Å². The van der Waals surface area contributed by atoms with E-state index in [1.165, 1.54) is 11.3 Å². The lowest BCUT2D eigenvalue weighted by molar-refractivity contribution is 0.0383. The van der Waals surface area contributed by atoms with Gasteiger partial charge >= 0.3 is 5.97 Å². The second kappa shape index (κ2) is 6.41. The summed E-state index contributed by atoms with van der Waals surface area (Å²) in [5.74, 6) is 0.0552. The summed E-state index contributed by atoms with van der Waals surface area (Å²) in [5, 5.41) is 4.00. The zero-order valence-corrected chi connectivity index (χ0v) is 13.6. The van der Waals surface area contributed by atoms with Crippen molar-refractivity contribution in [3.05, 3.63) is 28.2 Å². The molecule has 2 rings (SSSR count). The minimum atomic E-state index is -0.359. The third kappa shape index (κ3) is 3.33. The van der Waals surface area contributed by atoms with Crippen molar-refractivity contribution in [2.75, 3.05) is 11.9 Å². The maximum Gasteiger partial charge on any atom is 0.348 e. The fraction of sp³-hybridized carbons (Fsp3) is 0.357. The molecule has 2 heterocycles. The van der Waals surface area contributed by atoms with Crippen LogP contribution in [0.4, 0.5) is 5.95 Å². The van der Waals surface area contributed by atoms with Crippen LogP contribution in [0.15, 0.2) is 12.7 Å². The van der Waals surface area contributed by atoms with E-state index >= 15 is 0 Å². The molecular formula is C14H16ClN3O2S. The molecule has 0 aromatic carbocycles. The molecule has 5 nitrogen and oxygen atoms in total. The van der Waals surface area contributed by atoms with Crippen LogP contribution < -0.4 is 5.32 Å². The molecule has 0 spiro atoms. The topological polar surface area (TPSA) is 64.1 Å². The molecule has 2 aromatic rings. The fourth-order valence-corrected chi connectivity index (χ4v) is 3.23. The van der Waals surface area contributed by atoms with Crippen molar-refractivity contribution in [2.24, 2.45) is 0 Å². The third-order valence-corrected chi connectivity index (χ3v) is 4.12. The summed E-state index contributed by atoms with van der Waals surface area (Å²) < 4.78 is 5.23. The lowest BCUT2D eigenvalue weighted by Gasteiger charge is -2.06. The van der Waals surface area contributed by atoms with E-state index in [1.54, 1.807) is 6.08 Å². The first kappa shape index (κ1) is 15.7. The van der Waals surface area contributed by atoms with Gasteiger partial charge in [-0.1, -0.05) is 17.7 Å². The van der Waals surface area contributed by atoms with Gasteiger partial charge in [0, 0.05) is 6.54 Å². The molecule has 0 amide bonds. The standard InChI is InChI=1S/C14H16ClN3O2S/c1-5-6-16-14-17-11(15)9-8(4)10(21-12(9)18-14)13(19)20-7(2)3/h5,7H,1,6H2,2-4H3,(H,16,17,18). The molecule has 0 radical (unpaired) electrons. The van der Waals surface area contributed by atoms with Gasteiger partial charge in [0.2, 0.25) is 5.95 Å². The number of carbonyl (C=O) groups is 1. The summed E-state index contributed by atoms with van der Waals surface area (Å²) >= 11 is 7.47. The van der Waals surface area contributed by atoms with Crippen molar-refractivity contribution in [2.45, 2.75) is 26.9 Å². The average Bonchev–Trinajstić information content (AvgIpc) is 2.73. The number of hydrogen-bond acceptors (Lipinski definition) is 6. The zero-order valence-electron chi connectivity index (χ0n) is 12.1. The van der Waals surface area contributed by atoms with Crippen LogP contribution in [-0.4, -0.2) is 28.6 Å². The Kier molecular flexibility index (Phi) is 4.80. The van der Waals surface area contributed by atoms with Crippen molar-refractivity contribution in [3.63, 3.8) is 0 Å². The van der Waals surface area contributed by atoms with E-state index in [-0.39, 0.29) is 12.1 Å². The number of hydrogen-bond donors (Lipinski definition) is 1. The summed E-state index contributed by atoms with van der Waals surface area (Å²) in [6.45, 7) is 9.60.